The summed E-state index contributed by atoms with van der Waals surface area (Å²) in [7, 11) is 0. The predicted molar refractivity (Wildman–Crippen MR) is 73.7 cm³/mol. The van der Waals surface area contributed by atoms with Crippen molar-refractivity contribution in [3.63, 3.8) is 0 Å². The van der Waals surface area contributed by atoms with Crippen LogP contribution in [0.3, 0.4) is 0 Å². The van der Waals surface area contributed by atoms with Crippen molar-refractivity contribution in [3.05, 3.63) is 30.1 Å². The molecule has 0 saturated heterocycles. The summed E-state index contributed by atoms with van der Waals surface area (Å²) in [5.41, 5.74) is 0. The van der Waals surface area contributed by atoms with E-state index in [9.17, 15) is 9.18 Å². The second-order valence-electron chi connectivity index (χ2n) is 4.57. The van der Waals surface area contributed by atoms with Crippen molar-refractivity contribution >= 4 is 6.09 Å². The molecule has 4 heteroatoms. The van der Waals surface area contributed by atoms with E-state index >= 15 is 0 Å². The van der Waals surface area contributed by atoms with Gasteiger partial charge >= 0.3 is 6.09 Å². The first kappa shape index (κ1) is 15.5. The topological polar surface area (TPSA) is 38.3 Å². The van der Waals surface area contributed by atoms with Gasteiger partial charge in [-0.05, 0) is 43.5 Å². The summed E-state index contributed by atoms with van der Waals surface area (Å²) in [4.78, 5) is 11.5. The molecule has 1 aliphatic carbocycles. The molecular formula is C15H22FNO2. The van der Waals surface area contributed by atoms with Crippen LogP contribution in [0.25, 0.3) is 0 Å². The highest BCUT2D eigenvalue weighted by atomic mass is 19.1. The summed E-state index contributed by atoms with van der Waals surface area (Å²) >= 11 is 0. The van der Waals surface area contributed by atoms with Crippen molar-refractivity contribution < 1.29 is 13.9 Å². The summed E-state index contributed by atoms with van der Waals surface area (Å²) in [6.07, 6.45) is 3.04. The van der Waals surface area contributed by atoms with Crippen LogP contribution in [0.15, 0.2) is 24.3 Å². The largest absolute Gasteiger partial charge is 0.412 e. The third-order valence-electron chi connectivity index (χ3n) is 2.77. The van der Waals surface area contributed by atoms with Gasteiger partial charge in [0.05, 0.1) is 0 Å². The Morgan fingerprint density at radius 2 is 1.95 bits per heavy atom. The minimum atomic E-state index is -0.482. The van der Waals surface area contributed by atoms with Crippen molar-refractivity contribution in [1.82, 2.24) is 5.32 Å². The standard InChI is InChI=1S/C13H16FNO2.C2H6/c1-9(8-10-2-3-10)15-13(16)17-12-6-4-11(14)5-7-12;1-2/h4-7,9-10H,2-3,8H2,1H3,(H,15,16);1-2H3. The van der Waals surface area contributed by atoms with Crippen LogP contribution in [0.1, 0.15) is 40.0 Å². The number of halogens is 1. The lowest BCUT2D eigenvalue weighted by Gasteiger charge is -2.13. The van der Waals surface area contributed by atoms with Crippen LogP contribution in [0.2, 0.25) is 0 Å². The lowest BCUT2D eigenvalue weighted by atomic mass is 10.2. The van der Waals surface area contributed by atoms with E-state index in [4.69, 9.17) is 4.74 Å². The molecular weight excluding hydrogens is 245 g/mol. The van der Waals surface area contributed by atoms with Gasteiger partial charge in [-0.25, -0.2) is 9.18 Å². The number of hydrogen-bond acceptors (Lipinski definition) is 2. The molecule has 2 rings (SSSR count). The lowest BCUT2D eigenvalue weighted by molar-refractivity contribution is 0.196. The van der Waals surface area contributed by atoms with Crippen molar-refractivity contribution in [3.8, 4) is 5.75 Å². The molecule has 1 aliphatic rings. The molecule has 0 heterocycles. The van der Waals surface area contributed by atoms with E-state index < -0.39 is 6.09 Å². The fourth-order valence-corrected chi connectivity index (χ4v) is 1.75. The Balaban J connectivity index is 0.000000861. The molecule has 1 unspecified atom stereocenters. The molecule has 1 N–H and O–H groups in total. The van der Waals surface area contributed by atoms with Gasteiger partial charge in [-0.3, -0.25) is 0 Å². The van der Waals surface area contributed by atoms with Crippen LogP contribution < -0.4 is 10.1 Å². The zero-order valence-corrected chi connectivity index (χ0v) is 11.8. The Hall–Kier alpha value is -1.58. The van der Waals surface area contributed by atoms with Gasteiger partial charge in [0.2, 0.25) is 0 Å². The van der Waals surface area contributed by atoms with Crippen LogP contribution in [-0.4, -0.2) is 12.1 Å². The van der Waals surface area contributed by atoms with E-state index in [1.807, 2.05) is 20.8 Å². The van der Waals surface area contributed by atoms with E-state index in [1.165, 1.54) is 37.1 Å². The summed E-state index contributed by atoms with van der Waals surface area (Å²) in [6, 6.07) is 5.50. The fraction of sp³-hybridized carbons (Fsp3) is 0.533. The molecule has 0 aromatic heterocycles. The van der Waals surface area contributed by atoms with E-state index in [0.29, 0.717) is 5.75 Å². The third-order valence-corrected chi connectivity index (χ3v) is 2.77. The first-order chi connectivity index (χ1) is 9.13. The van der Waals surface area contributed by atoms with Crippen molar-refractivity contribution in [2.75, 3.05) is 0 Å². The molecule has 0 aliphatic heterocycles. The number of carbonyl (C=O) groups is 1. The average molecular weight is 267 g/mol. The third kappa shape index (κ3) is 6.22. The Morgan fingerprint density at radius 1 is 1.37 bits per heavy atom. The Morgan fingerprint density at radius 3 is 2.47 bits per heavy atom. The maximum absolute atomic E-state index is 12.6. The van der Waals surface area contributed by atoms with Gasteiger partial charge < -0.3 is 10.1 Å². The SMILES string of the molecule is CC.CC(CC1CC1)NC(=O)Oc1ccc(F)cc1. The monoisotopic (exact) mass is 267 g/mol. The van der Waals surface area contributed by atoms with Crippen molar-refractivity contribution in [2.24, 2.45) is 5.92 Å². The highest BCUT2D eigenvalue weighted by Gasteiger charge is 2.24. The van der Waals surface area contributed by atoms with Gasteiger partial charge in [-0.2, -0.15) is 0 Å². The van der Waals surface area contributed by atoms with Crippen LogP contribution in [0.5, 0.6) is 5.75 Å². The highest BCUT2D eigenvalue weighted by molar-refractivity contribution is 5.70. The molecule has 0 spiro atoms. The summed E-state index contributed by atoms with van der Waals surface area (Å²) in [5.74, 6) is 0.763. The number of hydrogen-bond donors (Lipinski definition) is 1. The molecule has 0 bridgehead atoms. The number of rotatable bonds is 4. The first-order valence-electron chi connectivity index (χ1n) is 6.87. The zero-order chi connectivity index (χ0) is 14.3. The molecule has 19 heavy (non-hydrogen) atoms. The minimum Gasteiger partial charge on any atom is -0.410 e. The second-order valence-corrected chi connectivity index (χ2v) is 4.57. The summed E-state index contributed by atoms with van der Waals surface area (Å²) in [5, 5.41) is 2.76. The summed E-state index contributed by atoms with van der Waals surface area (Å²) in [6.45, 7) is 5.96. The molecule has 1 saturated carbocycles. The van der Waals surface area contributed by atoms with Gasteiger partial charge in [0.1, 0.15) is 11.6 Å². The highest BCUT2D eigenvalue weighted by Crippen LogP contribution is 2.33. The quantitative estimate of drug-likeness (QED) is 0.890. The molecule has 1 amide bonds. The van der Waals surface area contributed by atoms with Gasteiger partial charge in [0.25, 0.3) is 0 Å². The van der Waals surface area contributed by atoms with Crippen LogP contribution in [0, 0.1) is 11.7 Å². The lowest BCUT2D eigenvalue weighted by Crippen LogP contribution is -2.35. The first-order valence-corrected chi connectivity index (χ1v) is 6.87. The van der Waals surface area contributed by atoms with Gasteiger partial charge in [0.15, 0.2) is 0 Å². The van der Waals surface area contributed by atoms with Crippen molar-refractivity contribution in [2.45, 2.75) is 46.1 Å². The molecule has 1 fully saturated rings. The molecule has 1 aromatic carbocycles. The Bertz CT molecular complexity index is 388. The Kier molecular flexibility index (Phi) is 6.33. The summed E-state index contributed by atoms with van der Waals surface area (Å²) < 4.78 is 17.7. The number of nitrogens with one attached hydrogen (secondary N) is 1. The minimum absolute atomic E-state index is 0.121. The maximum Gasteiger partial charge on any atom is 0.412 e. The molecule has 1 atom stereocenters. The normalized spacial score (nSPS) is 14.9. The smallest absolute Gasteiger partial charge is 0.410 e. The maximum atomic E-state index is 12.6. The van der Waals surface area contributed by atoms with Crippen LogP contribution in [-0.2, 0) is 0 Å². The number of benzene rings is 1. The van der Waals surface area contributed by atoms with E-state index in [2.05, 4.69) is 5.32 Å². The van der Waals surface area contributed by atoms with Gasteiger partial charge in [-0.1, -0.05) is 26.7 Å². The van der Waals surface area contributed by atoms with Crippen LogP contribution in [0.4, 0.5) is 9.18 Å². The van der Waals surface area contributed by atoms with E-state index in [0.717, 1.165) is 12.3 Å². The molecule has 106 valence electrons. The van der Waals surface area contributed by atoms with E-state index in [1.54, 1.807) is 0 Å². The Labute approximate surface area is 114 Å². The average Bonchev–Trinajstić information content (AvgIpc) is 3.18. The van der Waals surface area contributed by atoms with Crippen molar-refractivity contribution in [1.29, 1.82) is 0 Å². The van der Waals surface area contributed by atoms with Gasteiger partial charge in [0, 0.05) is 6.04 Å². The number of carbonyl (C=O) groups excluding carboxylic acids is 1. The fourth-order valence-electron chi connectivity index (χ4n) is 1.75. The molecule has 0 radical (unpaired) electrons. The number of ether oxygens (including phenoxy) is 1. The number of amides is 1. The van der Waals surface area contributed by atoms with Gasteiger partial charge in [-0.15, -0.1) is 0 Å². The van der Waals surface area contributed by atoms with Crippen LogP contribution >= 0.6 is 0 Å². The molecule has 1 aromatic rings. The zero-order valence-electron chi connectivity index (χ0n) is 11.8. The predicted octanol–water partition coefficient (Wildman–Crippen LogP) is 4.13. The van der Waals surface area contributed by atoms with E-state index in [-0.39, 0.29) is 11.9 Å². The second kappa shape index (κ2) is 7.77. The molecule has 3 nitrogen and oxygen atoms in total.